The first-order chi connectivity index (χ1) is 11.2. The van der Waals surface area contributed by atoms with Gasteiger partial charge in [-0.15, -0.1) is 11.3 Å². The van der Waals surface area contributed by atoms with Gasteiger partial charge in [0.1, 0.15) is 10.7 Å². The van der Waals surface area contributed by atoms with Gasteiger partial charge in [-0.3, -0.25) is 4.79 Å². The average molecular weight is 350 g/mol. The minimum absolute atomic E-state index is 0.0607. The molecule has 4 nitrogen and oxygen atoms in total. The largest absolute Gasteiger partial charge is 0.351 e. The van der Waals surface area contributed by atoms with Crippen molar-refractivity contribution in [1.29, 1.82) is 0 Å². The molecule has 0 aliphatic carbocycles. The fraction of sp³-hybridized carbons (Fsp3) is 0.529. The van der Waals surface area contributed by atoms with E-state index in [1.54, 1.807) is 11.3 Å². The summed E-state index contributed by atoms with van der Waals surface area (Å²) in [4.78, 5) is 19.1. The van der Waals surface area contributed by atoms with Gasteiger partial charge in [-0.05, 0) is 44.2 Å². The number of carbonyl (C=O) groups excluding carboxylic acids is 1. The number of hydrogen-bond acceptors (Lipinski definition) is 5. The molecule has 0 unspecified atom stereocenters. The first-order valence-electron chi connectivity index (χ1n) is 8.24. The Balaban J connectivity index is 1.43. The number of hydrogen-bond donors (Lipinski definition) is 1. The Kier molecular flexibility index (Phi) is 5.80. The minimum Gasteiger partial charge on any atom is -0.351 e. The molecular weight excluding hydrogens is 326 g/mol. The molecule has 6 heteroatoms. The monoisotopic (exact) mass is 349 g/mol. The fourth-order valence-electron chi connectivity index (χ4n) is 2.96. The lowest BCUT2D eigenvalue weighted by molar-refractivity contribution is 0.0944. The van der Waals surface area contributed by atoms with Crippen molar-refractivity contribution in [3.05, 3.63) is 27.9 Å². The molecule has 0 bridgehead atoms. The molecule has 1 saturated heterocycles. The number of thiazole rings is 1. The van der Waals surface area contributed by atoms with Gasteiger partial charge in [0.2, 0.25) is 0 Å². The summed E-state index contributed by atoms with van der Waals surface area (Å²) in [7, 11) is 0. The van der Waals surface area contributed by atoms with E-state index in [-0.39, 0.29) is 5.91 Å². The van der Waals surface area contributed by atoms with Crippen molar-refractivity contribution >= 4 is 28.6 Å². The highest BCUT2D eigenvalue weighted by Crippen LogP contribution is 2.25. The van der Waals surface area contributed by atoms with Crippen LogP contribution in [0.2, 0.25) is 0 Å². The Labute approximate surface area is 145 Å². The van der Waals surface area contributed by atoms with Crippen molar-refractivity contribution in [2.45, 2.75) is 38.6 Å². The summed E-state index contributed by atoms with van der Waals surface area (Å²) in [6.45, 7) is 5.29. The number of nitrogens with zero attached hydrogens (tertiary/aromatic N) is 2. The van der Waals surface area contributed by atoms with Crippen LogP contribution < -0.4 is 5.32 Å². The van der Waals surface area contributed by atoms with E-state index in [1.165, 1.54) is 37.1 Å². The lowest BCUT2D eigenvalue weighted by atomic mass is 10.0. The average Bonchev–Trinajstić information content (AvgIpc) is 3.23. The zero-order chi connectivity index (χ0) is 16.1. The standard InChI is InChI=1S/C17H23N3OS2/c1-13-5-2-3-8-20(13)9-4-7-18-16(21)15-12-23-17(19-15)14-6-10-22-11-14/h6,10-13H,2-5,7-9H2,1H3,(H,18,21)/t13-/m0/s1. The molecule has 3 rings (SSSR count). The molecule has 23 heavy (non-hydrogen) atoms. The van der Waals surface area contributed by atoms with Crippen LogP contribution in [-0.4, -0.2) is 41.5 Å². The van der Waals surface area contributed by atoms with Crippen LogP contribution in [0, 0.1) is 0 Å². The zero-order valence-electron chi connectivity index (χ0n) is 13.5. The summed E-state index contributed by atoms with van der Waals surface area (Å²) in [5.41, 5.74) is 1.63. The zero-order valence-corrected chi connectivity index (χ0v) is 15.1. The molecule has 124 valence electrons. The Bertz CT molecular complexity index is 624. The summed E-state index contributed by atoms with van der Waals surface area (Å²) in [5, 5.41) is 9.83. The van der Waals surface area contributed by atoms with E-state index in [0.717, 1.165) is 23.5 Å². The van der Waals surface area contributed by atoms with Crippen molar-refractivity contribution in [2.24, 2.45) is 0 Å². The van der Waals surface area contributed by atoms with Crippen LogP contribution >= 0.6 is 22.7 Å². The highest BCUT2D eigenvalue weighted by molar-refractivity contribution is 7.14. The van der Waals surface area contributed by atoms with Crippen LogP contribution in [0.25, 0.3) is 10.6 Å². The third-order valence-electron chi connectivity index (χ3n) is 4.35. The summed E-state index contributed by atoms with van der Waals surface area (Å²) >= 11 is 3.17. The predicted molar refractivity (Wildman–Crippen MR) is 97.3 cm³/mol. The van der Waals surface area contributed by atoms with Crippen LogP contribution in [-0.2, 0) is 0 Å². The SMILES string of the molecule is C[C@H]1CCCCN1CCCNC(=O)c1csc(-c2ccsc2)n1. The van der Waals surface area contributed by atoms with Gasteiger partial charge in [0.25, 0.3) is 5.91 Å². The van der Waals surface area contributed by atoms with Crippen molar-refractivity contribution < 1.29 is 4.79 Å². The van der Waals surface area contributed by atoms with E-state index < -0.39 is 0 Å². The molecule has 0 aromatic carbocycles. The smallest absolute Gasteiger partial charge is 0.270 e. The second kappa shape index (κ2) is 8.04. The molecule has 3 heterocycles. The lowest BCUT2D eigenvalue weighted by Crippen LogP contribution is -2.39. The first-order valence-corrected chi connectivity index (χ1v) is 10.1. The Hall–Kier alpha value is -1.24. The van der Waals surface area contributed by atoms with Gasteiger partial charge < -0.3 is 10.2 Å². The van der Waals surface area contributed by atoms with Crippen LogP contribution in [0.15, 0.2) is 22.2 Å². The van der Waals surface area contributed by atoms with Crippen LogP contribution in [0.4, 0.5) is 0 Å². The number of nitrogens with one attached hydrogen (secondary N) is 1. The number of aromatic nitrogens is 1. The third kappa shape index (κ3) is 4.40. The van der Waals surface area contributed by atoms with Crippen molar-refractivity contribution in [3.8, 4) is 10.6 Å². The Morgan fingerprint density at radius 3 is 3.13 bits per heavy atom. The molecule has 1 amide bonds. The van der Waals surface area contributed by atoms with Crippen LogP contribution in [0.3, 0.4) is 0 Å². The molecule has 1 fully saturated rings. The molecule has 0 radical (unpaired) electrons. The van der Waals surface area contributed by atoms with Crippen LogP contribution in [0.1, 0.15) is 43.1 Å². The summed E-state index contributed by atoms with van der Waals surface area (Å²) in [6.07, 6.45) is 4.96. The number of thiophene rings is 1. The van der Waals surface area contributed by atoms with Gasteiger partial charge >= 0.3 is 0 Å². The molecule has 1 aliphatic rings. The van der Waals surface area contributed by atoms with Gasteiger partial charge in [-0.1, -0.05) is 6.42 Å². The molecule has 1 N–H and O–H groups in total. The van der Waals surface area contributed by atoms with Crippen LogP contribution in [0.5, 0.6) is 0 Å². The maximum absolute atomic E-state index is 12.2. The normalized spacial score (nSPS) is 18.9. The van der Waals surface area contributed by atoms with Gasteiger partial charge in [0.15, 0.2) is 0 Å². The molecular formula is C17H23N3OS2. The molecule has 1 atom stereocenters. The molecule has 2 aromatic rings. The Morgan fingerprint density at radius 1 is 1.43 bits per heavy atom. The highest BCUT2D eigenvalue weighted by Gasteiger charge is 2.17. The van der Waals surface area contributed by atoms with Gasteiger partial charge in [-0.25, -0.2) is 4.98 Å². The molecule has 2 aromatic heterocycles. The Morgan fingerprint density at radius 2 is 2.35 bits per heavy atom. The number of rotatable bonds is 6. The third-order valence-corrected chi connectivity index (χ3v) is 5.93. The quantitative estimate of drug-likeness (QED) is 0.805. The number of carbonyl (C=O) groups is 1. The van der Waals surface area contributed by atoms with Crippen molar-refractivity contribution in [1.82, 2.24) is 15.2 Å². The highest BCUT2D eigenvalue weighted by atomic mass is 32.1. The molecule has 0 spiro atoms. The van der Waals surface area contributed by atoms with Gasteiger partial charge in [0, 0.05) is 35.5 Å². The summed E-state index contributed by atoms with van der Waals surface area (Å²) in [6, 6.07) is 2.72. The topological polar surface area (TPSA) is 45.2 Å². The first kappa shape index (κ1) is 16.6. The second-order valence-corrected chi connectivity index (χ2v) is 7.68. The molecule has 1 aliphatic heterocycles. The number of amides is 1. The maximum atomic E-state index is 12.2. The second-order valence-electron chi connectivity index (χ2n) is 6.04. The van der Waals surface area contributed by atoms with Crippen molar-refractivity contribution in [2.75, 3.05) is 19.6 Å². The summed E-state index contributed by atoms with van der Waals surface area (Å²) in [5.74, 6) is -0.0607. The van der Waals surface area contributed by atoms with E-state index in [9.17, 15) is 4.79 Å². The molecule has 0 saturated carbocycles. The fourth-order valence-corrected chi connectivity index (χ4v) is 4.47. The lowest BCUT2D eigenvalue weighted by Gasteiger charge is -2.33. The van der Waals surface area contributed by atoms with Crippen molar-refractivity contribution in [3.63, 3.8) is 0 Å². The van der Waals surface area contributed by atoms with E-state index in [4.69, 9.17) is 0 Å². The van der Waals surface area contributed by atoms with Gasteiger partial charge in [-0.2, -0.15) is 11.3 Å². The van der Waals surface area contributed by atoms with E-state index in [2.05, 4.69) is 27.5 Å². The summed E-state index contributed by atoms with van der Waals surface area (Å²) < 4.78 is 0. The number of likely N-dealkylation sites (tertiary alicyclic amines) is 1. The minimum atomic E-state index is -0.0607. The van der Waals surface area contributed by atoms with E-state index >= 15 is 0 Å². The number of piperidine rings is 1. The maximum Gasteiger partial charge on any atom is 0.270 e. The van der Waals surface area contributed by atoms with E-state index in [0.29, 0.717) is 18.3 Å². The predicted octanol–water partition coefficient (Wildman–Crippen LogP) is 3.87. The van der Waals surface area contributed by atoms with Gasteiger partial charge in [0.05, 0.1) is 0 Å². The van der Waals surface area contributed by atoms with E-state index in [1.807, 2.05) is 16.8 Å².